The molecule has 4 aromatic carbocycles. The molecule has 0 atom stereocenters. The molecular formula is C30H23Br2NO4S. The van der Waals surface area contributed by atoms with Gasteiger partial charge in [0.1, 0.15) is 6.61 Å². The number of hydrogen-bond acceptors (Lipinski definition) is 5. The van der Waals surface area contributed by atoms with Crippen LogP contribution in [-0.4, -0.2) is 22.7 Å². The van der Waals surface area contributed by atoms with Gasteiger partial charge in [0.2, 0.25) is 0 Å². The minimum absolute atomic E-state index is 0.220. The lowest BCUT2D eigenvalue weighted by atomic mass is 10.0. The molecule has 0 bridgehead atoms. The summed E-state index contributed by atoms with van der Waals surface area (Å²) in [6, 6.07) is 25.4. The Bertz CT molecular complexity index is 1550. The molecule has 0 radical (unpaired) electrons. The lowest BCUT2D eigenvalue weighted by Crippen LogP contribution is -2.27. The lowest BCUT2D eigenvalue weighted by molar-refractivity contribution is -0.123. The fourth-order valence-electron chi connectivity index (χ4n) is 4.16. The van der Waals surface area contributed by atoms with Gasteiger partial charge in [-0.25, -0.2) is 0 Å². The normalized spacial score (nSPS) is 14.5. The fraction of sp³-hybridized carbons (Fsp3) is 0.133. The average molecular weight is 653 g/mol. The van der Waals surface area contributed by atoms with Gasteiger partial charge in [0.15, 0.2) is 11.5 Å². The van der Waals surface area contributed by atoms with Crippen LogP contribution in [0.3, 0.4) is 0 Å². The van der Waals surface area contributed by atoms with Crippen LogP contribution < -0.4 is 9.47 Å². The molecule has 1 aliphatic rings. The van der Waals surface area contributed by atoms with Gasteiger partial charge in [0.05, 0.1) is 18.1 Å². The number of carbonyl (C=O) groups excluding carboxylic acids is 2. The van der Waals surface area contributed by atoms with Crippen molar-refractivity contribution in [3.8, 4) is 11.5 Å². The molecule has 8 heteroatoms. The molecule has 0 spiro atoms. The highest BCUT2D eigenvalue weighted by Gasteiger charge is 2.35. The van der Waals surface area contributed by atoms with E-state index in [9.17, 15) is 9.59 Å². The van der Waals surface area contributed by atoms with Crippen molar-refractivity contribution in [2.24, 2.45) is 0 Å². The number of fused-ring (bicyclic) bond motifs is 1. The summed E-state index contributed by atoms with van der Waals surface area (Å²) in [4.78, 5) is 27.8. The number of halogens is 2. The Morgan fingerprint density at radius 2 is 1.63 bits per heavy atom. The Kier molecular flexibility index (Phi) is 8.21. The summed E-state index contributed by atoms with van der Waals surface area (Å²) in [7, 11) is 0. The van der Waals surface area contributed by atoms with Gasteiger partial charge in [-0.15, -0.1) is 0 Å². The second-order valence-electron chi connectivity index (χ2n) is 8.57. The first kappa shape index (κ1) is 26.5. The lowest BCUT2D eigenvalue weighted by Gasteiger charge is -2.15. The highest BCUT2D eigenvalue weighted by atomic mass is 79.9. The monoisotopic (exact) mass is 651 g/mol. The third-order valence-corrected chi connectivity index (χ3v) is 8.16. The van der Waals surface area contributed by atoms with E-state index in [1.165, 1.54) is 4.90 Å². The fourth-order valence-corrected chi connectivity index (χ4v) is 5.69. The number of imide groups is 1. The predicted octanol–water partition coefficient (Wildman–Crippen LogP) is 8.58. The zero-order chi connectivity index (χ0) is 26.6. The number of amides is 2. The maximum atomic E-state index is 13.3. The topological polar surface area (TPSA) is 55.8 Å². The largest absolute Gasteiger partial charge is 0.490 e. The maximum absolute atomic E-state index is 13.3. The first-order valence-corrected chi connectivity index (χ1v) is 14.4. The Labute approximate surface area is 242 Å². The second-order valence-corrected chi connectivity index (χ2v) is 11.3. The molecule has 2 amide bonds. The molecule has 0 saturated carbocycles. The van der Waals surface area contributed by atoms with E-state index in [0.717, 1.165) is 48.2 Å². The van der Waals surface area contributed by atoms with Gasteiger partial charge >= 0.3 is 0 Å². The Morgan fingerprint density at radius 3 is 2.42 bits per heavy atom. The van der Waals surface area contributed by atoms with Crippen LogP contribution >= 0.6 is 43.6 Å². The summed E-state index contributed by atoms with van der Waals surface area (Å²) in [6.07, 6.45) is 1.72. The molecule has 0 N–H and O–H groups in total. The van der Waals surface area contributed by atoms with Crippen LogP contribution in [0.5, 0.6) is 11.5 Å². The second kappa shape index (κ2) is 11.8. The van der Waals surface area contributed by atoms with Gasteiger partial charge in [0.25, 0.3) is 11.1 Å². The summed E-state index contributed by atoms with van der Waals surface area (Å²) < 4.78 is 13.6. The van der Waals surface area contributed by atoms with E-state index in [1.807, 2.05) is 85.8 Å². The molecule has 0 aliphatic carbocycles. The highest BCUT2D eigenvalue weighted by Crippen LogP contribution is 2.39. The molecule has 1 aliphatic heterocycles. The van der Waals surface area contributed by atoms with Gasteiger partial charge in [-0.2, -0.15) is 0 Å². The Hall–Kier alpha value is -3.07. The van der Waals surface area contributed by atoms with Crippen LogP contribution in [0.2, 0.25) is 0 Å². The zero-order valence-corrected chi connectivity index (χ0v) is 24.4. The Balaban J connectivity index is 1.38. The molecule has 0 aromatic heterocycles. The molecular weight excluding hydrogens is 630 g/mol. The van der Waals surface area contributed by atoms with E-state index >= 15 is 0 Å². The van der Waals surface area contributed by atoms with Crippen molar-refractivity contribution in [1.82, 2.24) is 4.90 Å². The number of rotatable bonds is 8. The van der Waals surface area contributed by atoms with Crippen LogP contribution in [-0.2, 0) is 17.9 Å². The van der Waals surface area contributed by atoms with Crippen molar-refractivity contribution in [3.63, 3.8) is 0 Å². The summed E-state index contributed by atoms with van der Waals surface area (Å²) in [5.41, 5.74) is 2.68. The van der Waals surface area contributed by atoms with E-state index in [2.05, 4.69) is 31.9 Å². The van der Waals surface area contributed by atoms with Gasteiger partial charge in [-0.05, 0) is 76.5 Å². The number of hydrogen-bond donors (Lipinski definition) is 0. The molecule has 0 unspecified atom stereocenters. The van der Waals surface area contributed by atoms with Crippen molar-refractivity contribution >= 4 is 71.6 Å². The molecule has 1 heterocycles. The van der Waals surface area contributed by atoms with Crippen molar-refractivity contribution in [1.29, 1.82) is 0 Å². The maximum Gasteiger partial charge on any atom is 0.293 e. The van der Waals surface area contributed by atoms with Gasteiger partial charge < -0.3 is 9.47 Å². The van der Waals surface area contributed by atoms with Crippen molar-refractivity contribution in [2.75, 3.05) is 6.61 Å². The number of nitrogens with zero attached hydrogens (tertiary/aromatic N) is 1. The van der Waals surface area contributed by atoms with Crippen LogP contribution in [0.4, 0.5) is 4.79 Å². The SMILES string of the molecule is CCOc1cc(/C=C2/SC(=O)N(Cc3cccc4ccccc34)C2=O)c(Br)cc1OCc1ccc(Br)cc1. The standard InChI is InChI=1S/C30H23Br2NO4S/c1-2-36-26-14-22(25(32)16-27(26)37-18-19-10-12-23(31)13-11-19)15-28-29(34)33(30(35)38-28)17-21-8-5-7-20-6-3-4-9-24(20)21/h3-16H,2,17-18H2,1H3/b28-15+. The number of ether oxygens (including phenoxy) is 2. The van der Waals surface area contributed by atoms with Gasteiger partial charge in [-0.1, -0.05) is 86.5 Å². The summed E-state index contributed by atoms with van der Waals surface area (Å²) in [6.45, 7) is 2.96. The minimum Gasteiger partial charge on any atom is -0.490 e. The van der Waals surface area contributed by atoms with Crippen LogP contribution in [0.25, 0.3) is 16.8 Å². The van der Waals surface area contributed by atoms with E-state index in [4.69, 9.17) is 9.47 Å². The summed E-state index contributed by atoms with van der Waals surface area (Å²) >= 11 is 7.99. The van der Waals surface area contributed by atoms with E-state index < -0.39 is 0 Å². The highest BCUT2D eigenvalue weighted by molar-refractivity contribution is 9.10. The molecule has 5 rings (SSSR count). The number of carbonyl (C=O) groups is 2. The molecule has 5 nitrogen and oxygen atoms in total. The first-order chi connectivity index (χ1) is 18.4. The van der Waals surface area contributed by atoms with Gasteiger partial charge in [-0.3, -0.25) is 14.5 Å². The van der Waals surface area contributed by atoms with Crippen LogP contribution in [0.1, 0.15) is 23.6 Å². The molecule has 192 valence electrons. The third kappa shape index (κ3) is 5.82. The van der Waals surface area contributed by atoms with Crippen LogP contribution in [0.15, 0.2) is 92.7 Å². The minimum atomic E-state index is -0.312. The quantitative estimate of drug-likeness (QED) is 0.179. The molecule has 4 aromatic rings. The van der Waals surface area contributed by atoms with Crippen molar-refractivity contribution < 1.29 is 19.1 Å². The van der Waals surface area contributed by atoms with E-state index in [1.54, 1.807) is 6.08 Å². The summed E-state index contributed by atoms with van der Waals surface area (Å²) in [5, 5.41) is 1.81. The van der Waals surface area contributed by atoms with E-state index in [0.29, 0.717) is 29.6 Å². The van der Waals surface area contributed by atoms with Crippen molar-refractivity contribution in [2.45, 2.75) is 20.1 Å². The van der Waals surface area contributed by atoms with Crippen molar-refractivity contribution in [3.05, 3.63) is 109 Å². The van der Waals surface area contributed by atoms with Gasteiger partial charge in [0, 0.05) is 8.95 Å². The number of benzene rings is 4. The molecule has 38 heavy (non-hydrogen) atoms. The predicted molar refractivity (Wildman–Crippen MR) is 159 cm³/mol. The molecule has 1 fully saturated rings. The first-order valence-electron chi connectivity index (χ1n) is 12.0. The summed E-state index contributed by atoms with van der Waals surface area (Å²) in [5.74, 6) is 0.838. The zero-order valence-electron chi connectivity index (χ0n) is 20.4. The average Bonchev–Trinajstić information content (AvgIpc) is 3.18. The van der Waals surface area contributed by atoms with Crippen LogP contribution in [0, 0.1) is 0 Å². The third-order valence-electron chi connectivity index (χ3n) is 6.04. The number of thioether (sulfide) groups is 1. The molecule has 1 saturated heterocycles. The van der Waals surface area contributed by atoms with E-state index in [-0.39, 0.29) is 17.7 Å². The Morgan fingerprint density at radius 1 is 0.895 bits per heavy atom. The smallest absolute Gasteiger partial charge is 0.293 e.